The molecule has 23 heavy (non-hydrogen) atoms. The number of hydrogen-bond donors (Lipinski definition) is 0. The van der Waals surface area contributed by atoms with Gasteiger partial charge < -0.3 is 9.47 Å². The number of rotatable bonds is 10. The molecule has 3 heteroatoms. The minimum absolute atomic E-state index is 0.0569. The maximum atomic E-state index is 12.1. The molecule has 1 fully saturated rings. The molecular weight excluding hydrogens is 288 g/mol. The van der Waals surface area contributed by atoms with Gasteiger partial charge in [-0.3, -0.25) is 4.79 Å². The maximum Gasteiger partial charge on any atom is 0.157 e. The Morgan fingerprint density at radius 2 is 2.04 bits per heavy atom. The molecule has 1 saturated heterocycles. The van der Waals surface area contributed by atoms with Gasteiger partial charge in [-0.05, 0) is 58.8 Å². The average molecular weight is 322 g/mol. The van der Waals surface area contributed by atoms with E-state index >= 15 is 0 Å². The number of ketones is 1. The van der Waals surface area contributed by atoms with E-state index in [1.807, 2.05) is 13.0 Å². The highest BCUT2D eigenvalue weighted by Crippen LogP contribution is 2.16. The average Bonchev–Trinajstić information content (AvgIpc) is 2.47. The van der Waals surface area contributed by atoms with Gasteiger partial charge in [0.1, 0.15) is 5.78 Å². The van der Waals surface area contributed by atoms with Crippen molar-refractivity contribution in [3.63, 3.8) is 0 Å². The Kier molecular flexibility index (Phi) is 10.1. The fourth-order valence-electron chi connectivity index (χ4n) is 2.74. The molecule has 0 bridgehead atoms. The highest BCUT2D eigenvalue weighted by atomic mass is 16.7. The molecule has 0 N–H and O–H groups in total. The van der Waals surface area contributed by atoms with Crippen LogP contribution in [0.25, 0.3) is 0 Å². The SMILES string of the molecule is CC(C)=CCC[C@H](C)CC(=O)C/C(C)=C/COC1CCCCO1. The van der Waals surface area contributed by atoms with Crippen LogP contribution in [0.15, 0.2) is 23.3 Å². The largest absolute Gasteiger partial charge is 0.353 e. The van der Waals surface area contributed by atoms with Crippen LogP contribution in [-0.4, -0.2) is 25.3 Å². The summed E-state index contributed by atoms with van der Waals surface area (Å²) in [7, 11) is 0. The molecule has 0 aromatic rings. The van der Waals surface area contributed by atoms with Crippen LogP contribution in [0, 0.1) is 5.92 Å². The van der Waals surface area contributed by atoms with Crippen LogP contribution in [0.2, 0.25) is 0 Å². The third-order valence-electron chi connectivity index (χ3n) is 4.12. The quantitative estimate of drug-likeness (QED) is 0.518. The lowest BCUT2D eigenvalue weighted by molar-refractivity contribution is -0.155. The predicted octanol–water partition coefficient (Wildman–Crippen LogP) is 5.21. The number of carbonyl (C=O) groups excluding carboxylic acids is 1. The summed E-state index contributed by atoms with van der Waals surface area (Å²) in [5, 5.41) is 0. The molecule has 0 aromatic carbocycles. The van der Waals surface area contributed by atoms with Gasteiger partial charge in [0, 0.05) is 19.4 Å². The molecule has 0 aromatic heterocycles. The van der Waals surface area contributed by atoms with E-state index in [-0.39, 0.29) is 6.29 Å². The monoisotopic (exact) mass is 322 g/mol. The number of Topliss-reactive ketones (excluding diaryl/α,β-unsaturated/α-hetero) is 1. The minimum Gasteiger partial charge on any atom is -0.353 e. The summed E-state index contributed by atoms with van der Waals surface area (Å²) < 4.78 is 11.2. The zero-order valence-corrected chi connectivity index (χ0v) is 15.4. The van der Waals surface area contributed by atoms with Gasteiger partial charge in [-0.2, -0.15) is 0 Å². The van der Waals surface area contributed by atoms with Gasteiger partial charge in [-0.25, -0.2) is 0 Å². The van der Waals surface area contributed by atoms with Crippen LogP contribution in [0.5, 0.6) is 0 Å². The summed E-state index contributed by atoms with van der Waals surface area (Å²) in [4.78, 5) is 12.1. The van der Waals surface area contributed by atoms with Crippen LogP contribution < -0.4 is 0 Å². The van der Waals surface area contributed by atoms with Gasteiger partial charge in [0.15, 0.2) is 6.29 Å². The van der Waals surface area contributed by atoms with Gasteiger partial charge in [0.2, 0.25) is 0 Å². The third kappa shape index (κ3) is 10.5. The number of hydrogen-bond acceptors (Lipinski definition) is 3. The Morgan fingerprint density at radius 1 is 1.26 bits per heavy atom. The molecule has 1 aliphatic rings. The molecule has 1 unspecified atom stereocenters. The van der Waals surface area contributed by atoms with Gasteiger partial charge >= 0.3 is 0 Å². The Balaban J connectivity index is 2.18. The fourth-order valence-corrected chi connectivity index (χ4v) is 2.74. The molecule has 1 rings (SSSR count). The van der Waals surface area contributed by atoms with Crippen molar-refractivity contribution in [1.82, 2.24) is 0 Å². The number of carbonyl (C=O) groups is 1. The second-order valence-electron chi connectivity index (χ2n) is 7.06. The minimum atomic E-state index is -0.0569. The maximum absolute atomic E-state index is 12.1. The lowest BCUT2D eigenvalue weighted by atomic mass is 9.96. The van der Waals surface area contributed by atoms with E-state index in [1.54, 1.807) is 0 Å². The first-order valence-electron chi connectivity index (χ1n) is 9.01. The van der Waals surface area contributed by atoms with Gasteiger partial charge in [-0.15, -0.1) is 0 Å². The first kappa shape index (κ1) is 20.1. The van der Waals surface area contributed by atoms with Crippen molar-refractivity contribution in [2.24, 2.45) is 5.92 Å². The molecule has 1 heterocycles. The Morgan fingerprint density at radius 3 is 2.70 bits per heavy atom. The van der Waals surface area contributed by atoms with Crippen molar-refractivity contribution in [3.05, 3.63) is 23.3 Å². The zero-order valence-electron chi connectivity index (χ0n) is 15.4. The Labute approximate surface area is 142 Å². The van der Waals surface area contributed by atoms with Crippen LogP contribution in [0.1, 0.15) is 72.6 Å². The zero-order chi connectivity index (χ0) is 17.1. The van der Waals surface area contributed by atoms with Gasteiger partial charge in [-0.1, -0.05) is 30.2 Å². The standard InChI is InChI=1S/C20H34O3/c1-16(2)8-7-9-17(3)14-19(21)15-18(4)11-13-23-20-10-5-6-12-22-20/h8,11,17,20H,5-7,9-10,12-15H2,1-4H3/b18-11+/t17-,20?/m0/s1. The van der Waals surface area contributed by atoms with Gasteiger partial charge in [0.05, 0.1) is 6.61 Å². The van der Waals surface area contributed by atoms with E-state index in [0.717, 1.165) is 37.9 Å². The predicted molar refractivity (Wildman–Crippen MR) is 95.4 cm³/mol. The fraction of sp³-hybridized carbons (Fsp3) is 0.750. The Bertz CT molecular complexity index is 399. The van der Waals surface area contributed by atoms with E-state index in [2.05, 4.69) is 26.8 Å². The second-order valence-corrected chi connectivity index (χ2v) is 7.06. The number of ether oxygens (including phenoxy) is 2. The van der Waals surface area contributed by atoms with Crippen LogP contribution in [0.4, 0.5) is 0 Å². The molecule has 2 atom stereocenters. The molecule has 3 nitrogen and oxygen atoms in total. The van der Waals surface area contributed by atoms with Crippen LogP contribution >= 0.6 is 0 Å². The van der Waals surface area contributed by atoms with Crippen molar-refractivity contribution in [2.45, 2.75) is 78.9 Å². The molecule has 0 saturated carbocycles. The number of allylic oxidation sites excluding steroid dienone is 3. The normalized spacial score (nSPS) is 20.2. The van der Waals surface area contributed by atoms with E-state index < -0.39 is 0 Å². The van der Waals surface area contributed by atoms with Crippen molar-refractivity contribution in [3.8, 4) is 0 Å². The van der Waals surface area contributed by atoms with E-state index in [1.165, 1.54) is 12.0 Å². The molecule has 0 amide bonds. The van der Waals surface area contributed by atoms with Crippen LogP contribution in [0.3, 0.4) is 0 Å². The van der Waals surface area contributed by atoms with Crippen molar-refractivity contribution >= 4 is 5.78 Å². The third-order valence-corrected chi connectivity index (χ3v) is 4.12. The van der Waals surface area contributed by atoms with E-state index in [9.17, 15) is 4.79 Å². The van der Waals surface area contributed by atoms with Crippen molar-refractivity contribution in [1.29, 1.82) is 0 Å². The van der Waals surface area contributed by atoms with E-state index in [0.29, 0.717) is 31.1 Å². The highest BCUT2D eigenvalue weighted by molar-refractivity contribution is 5.80. The summed E-state index contributed by atoms with van der Waals surface area (Å²) in [6, 6.07) is 0. The lowest BCUT2D eigenvalue weighted by Crippen LogP contribution is -2.22. The van der Waals surface area contributed by atoms with E-state index in [4.69, 9.17) is 9.47 Å². The summed E-state index contributed by atoms with van der Waals surface area (Å²) >= 11 is 0. The molecule has 0 spiro atoms. The second kappa shape index (κ2) is 11.6. The summed E-state index contributed by atoms with van der Waals surface area (Å²) in [6.07, 6.45) is 10.9. The van der Waals surface area contributed by atoms with Crippen LogP contribution in [-0.2, 0) is 14.3 Å². The summed E-state index contributed by atoms with van der Waals surface area (Å²) in [6.45, 7) is 9.75. The molecular formula is C20H34O3. The Hall–Kier alpha value is -0.930. The lowest BCUT2D eigenvalue weighted by Gasteiger charge is -2.22. The molecule has 0 radical (unpaired) electrons. The first-order valence-corrected chi connectivity index (χ1v) is 9.01. The highest BCUT2D eigenvalue weighted by Gasteiger charge is 2.13. The first-order chi connectivity index (χ1) is 11.0. The molecule has 1 aliphatic heterocycles. The summed E-state index contributed by atoms with van der Waals surface area (Å²) in [5.74, 6) is 0.787. The smallest absolute Gasteiger partial charge is 0.157 e. The summed E-state index contributed by atoms with van der Waals surface area (Å²) in [5.41, 5.74) is 2.45. The van der Waals surface area contributed by atoms with Crippen molar-refractivity contribution in [2.75, 3.05) is 13.2 Å². The van der Waals surface area contributed by atoms with Crippen molar-refractivity contribution < 1.29 is 14.3 Å². The topological polar surface area (TPSA) is 35.5 Å². The van der Waals surface area contributed by atoms with Gasteiger partial charge in [0.25, 0.3) is 0 Å². The molecule has 132 valence electrons. The molecule has 0 aliphatic carbocycles.